The molecule has 2 N–H and O–H groups in total. The van der Waals surface area contributed by atoms with Crippen LogP contribution in [0.1, 0.15) is 32.6 Å². The summed E-state index contributed by atoms with van der Waals surface area (Å²) in [7, 11) is -3.22. The summed E-state index contributed by atoms with van der Waals surface area (Å²) in [6.45, 7) is 3.08. The lowest BCUT2D eigenvalue weighted by molar-refractivity contribution is -0.126. The van der Waals surface area contributed by atoms with Gasteiger partial charge in [0.2, 0.25) is 15.9 Å². The summed E-state index contributed by atoms with van der Waals surface area (Å²) in [4.78, 5) is 11.9. The standard InChI is InChI=1S/C12H24N2O4S/c1-3-11(15)6-7-13-12(16)10-5-4-8-14(9-10)19(2,17)18/h10-11,15H,3-9H2,1-2H3,(H,13,16). The molecule has 0 aromatic rings. The van der Waals surface area contributed by atoms with Crippen LogP contribution in [0.4, 0.5) is 0 Å². The van der Waals surface area contributed by atoms with Gasteiger partial charge in [-0.3, -0.25) is 4.79 Å². The highest BCUT2D eigenvalue weighted by Gasteiger charge is 2.29. The van der Waals surface area contributed by atoms with E-state index in [4.69, 9.17) is 0 Å². The fourth-order valence-corrected chi connectivity index (χ4v) is 3.08. The van der Waals surface area contributed by atoms with Crippen LogP contribution in [0.2, 0.25) is 0 Å². The highest BCUT2D eigenvalue weighted by atomic mass is 32.2. The third kappa shape index (κ3) is 5.46. The summed E-state index contributed by atoms with van der Waals surface area (Å²) < 4.78 is 24.3. The Balaban J connectivity index is 2.40. The fraction of sp³-hybridized carbons (Fsp3) is 0.917. The van der Waals surface area contributed by atoms with Crippen molar-refractivity contribution in [2.75, 3.05) is 25.9 Å². The molecule has 1 fully saturated rings. The number of sulfonamides is 1. The number of carbonyl (C=O) groups is 1. The summed E-state index contributed by atoms with van der Waals surface area (Å²) in [6.07, 6.45) is 3.41. The van der Waals surface area contributed by atoms with Gasteiger partial charge in [-0.1, -0.05) is 6.92 Å². The molecule has 0 saturated carbocycles. The smallest absolute Gasteiger partial charge is 0.224 e. The first-order valence-corrected chi connectivity index (χ1v) is 8.60. The number of aliphatic hydroxyl groups is 1. The van der Waals surface area contributed by atoms with Crippen molar-refractivity contribution in [2.24, 2.45) is 5.92 Å². The predicted octanol–water partition coefficient (Wildman–Crippen LogP) is -0.0648. The van der Waals surface area contributed by atoms with Gasteiger partial charge >= 0.3 is 0 Å². The summed E-state index contributed by atoms with van der Waals surface area (Å²) in [5.74, 6) is -0.390. The molecule has 1 amide bonds. The molecule has 2 atom stereocenters. The van der Waals surface area contributed by atoms with E-state index in [9.17, 15) is 18.3 Å². The van der Waals surface area contributed by atoms with Crippen molar-refractivity contribution in [1.29, 1.82) is 0 Å². The number of hydrogen-bond acceptors (Lipinski definition) is 4. The number of hydrogen-bond donors (Lipinski definition) is 2. The second kappa shape index (κ2) is 7.21. The zero-order chi connectivity index (χ0) is 14.5. The van der Waals surface area contributed by atoms with Gasteiger partial charge in [-0.2, -0.15) is 0 Å². The maximum Gasteiger partial charge on any atom is 0.224 e. The van der Waals surface area contributed by atoms with E-state index in [2.05, 4.69) is 5.32 Å². The maximum absolute atomic E-state index is 11.9. The molecule has 2 unspecified atom stereocenters. The second-order valence-electron chi connectivity index (χ2n) is 5.10. The van der Waals surface area contributed by atoms with Crippen molar-refractivity contribution in [3.63, 3.8) is 0 Å². The van der Waals surface area contributed by atoms with Crippen LogP contribution in [-0.4, -0.2) is 55.7 Å². The molecule has 1 aliphatic heterocycles. The highest BCUT2D eigenvalue weighted by molar-refractivity contribution is 7.88. The molecule has 0 aromatic heterocycles. The SMILES string of the molecule is CCC(O)CCNC(=O)C1CCCN(S(C)(=O)=O)C1. The third-order valence-electron chi connectivity index (χ3n) is 3.47. The zero-order valence-electron chi connectivity index (χ0n) is 11.6. The van der Waals surface area contributed by atoms with Crippen LogP contribution in [0, 0.1) is 5.92 Å². The first-order chi connectivity index (χ1) is 8.84. The van der Waals surface area contributed by atoms with Gasteiger partial charge in [0.05, 0.1) is 18.3 Å². The average Bonchev–Trinajstić information content (AvgIpc) is 2.37. The van der Waals surface area contributed by atoms with E-state index in [1.54, 1.807) is 0 Å². The molecule has 0 aromatic carbocycles. The van der Waals surface area contributed by atoms with Gasteiger partial charge in [0, 0.05) is 19.6 Å². The average molecular weight is 292 g/mol. The highest BCUT2D eigenvalue weighted by Crippen LogP contribution is 2.18. The van der Waals surface area contributed by atoms with Crippen LogP contribution in [-0.2, 0) is 14.8 Å². The first-order valence-electron chi connectivity index (χ1n) is 6.75. The molecule has 1 aliphatic rings. The largest absolute Gasteiger partial charge is 0.393 e. The fourth-order valence-electron chi connectivity index (χ4n) is 2.17. The molecule has 1 saturated heterocycles. The van der Waals surface area contributed by atoms with Gasteiger partial charge in [0.15, 0.2) is 0 Å². The van der Waals surface area contributed by atoms with Crippen molar-refractivity contribution < 1.29 is 18.3 Å². The Kier molecular flexibility index (Phi) is 6.22. The van der Waals surface area contributed by atoms with Crippen molar-refractivity contribution >= 4 is 15.9 Å². The second-order valence-corrected chi connectivity index (χ2v) is 7.08. The molecule has 19 heavy (non-hydrogen) atoms. The van der Waals surface area contributed by atoms with Gasteiger partial charge in [0.25, 0.3) is 0 Å². The van der Waals surface area contributed by atoms with Gasteiger partial charge in [-0.25, -0.2) is 12.7 Å². The molecule has 6 nitrogen and oxygen atoms in total. The number of carbonyl (C=O) groups excluding carboxylic acids is 1. The number of piperidine rings is 1. The third-order valence-corrected chi connectivity index (χ3v) is 4.74. The van der Waals surface area contributed by atoms with Crippen LogP contribution in [0.25, 0.3) is 0 Å². The van der Waals surface area contributed by atoms with E-state index >= 15 is 0 Å². The zero-order valence-corrected chi connectivity index (χ0v) is 12.4. The number of rotatable bonds is 6. The molecule has 1 heterocycles. The van der Waals surface area contributed by atoms with Crippen LogP contribution < -0.4 is 5.32 Å². The van der Waals surface area contributed by atoms with Gasteiger partial charge in [-0.05, 0) is 25.7 Å². The summed E-state index contributed by atoms with van der Waals surface area (Å²) >= 11 is 0. The predicted molar refractivity (Wildman–Crippen MR) is 73.1 cm³/mol. The summed E-state index contributed by atoms with van der Waals surface area (Å²) in [6, 6.07) is 0. The van der Waals surface area contributed by atoms with Crippen LogP contribution in [0.15, 0.2) is 0 Å². The number of nitrogens with zero attached hydrogens (tertiary/aromatic N) is 1. The number of nitrogens with one attached hydrogen (secondary N) is 1. The Morgan fingerprint density at radius 2 is 2.21 bits per heavy atom. The van der Waals surface area contributed by atoms with E-state index in [0.717, 1.165) is 0 Å². The van der Waals surface area contributed by atoms with Crippen molar-refractivity contribution in [3.8, 4) is 0 Å². The first kappa shape index (κ1) is 16.4. The Morgan fingerprint density at radius 1 is 1.53 bits per heavy atom. The minimum Gasteiger partial charge on any atom is -0.393 e. The quantitative estimate of drug-likeness (QED) is 0.718. The molecule has 0 spiro atoms. The van der Waals surface area contributed by atoms with Crippen LogP contribution in [0.3, 0.4) is 0 Å². The van der Waals surface area contributed by atoms with Crippen molar-refractivity contribution in [1.82, 2.24) is 9.62 Å². The minimum atomic E-state index is -3.22. The molecular formula is C12H24N2O4S. The van der Waals surface area contributed by atoms with E-state index < -0.39 is 10.0 Å². The minimum absolute atomic E-state index is 0.114. The summed E-state index contributed by atoms with van der Waals surface area (Å²) in [5, 5.41) is 12.2. The van der Waals surface area contributed by atoms with Gasteiger partial charge in [-0.15, -0.1) is 0 Å². The number of aliphatic hydroxyl groups excluding tert-OH is 1. The lowest BCUT2D eigenvalue weighted by atomic mass is 9.99. The summed E-state index contributed by atoms with van der Waals surface area (Å²) in [5.41, 5.74) is 0. The Labute approximate surface area is 115 Å². The lowest BCUT2D eigenvalue weighted by Gasteiger charge is -2.30. The van der Waals surface area contributed by atoms with E-state index in [1.807, 2.05) is 6.92 Å². The number of amides is 1. The molecule has 0 radical (unpaired) electrons. The Morgan fingerprint density at radius 3 is 2.79 bits per heavy atom. The Hall–Kier alpha value is -0.660. The molecule has 1 rings (SSSR count). The van der Waals surface area contributed by atoms with Gasteiger partial charge < -0.3 is 10.4 Å². The normalized spacial score (nSPS) is 23.0. The molecule has 0 aliphatic carbocycles. The lowest BCUT2D eigenvalue weighted by Crippen LogP contribution is -2.45. The monoisotopic (exact) mass is 292 g/mol. The maximum atomic E-state index is 11.9. The van der Waals surface area contributed by atoms with E-state index in [1.165, 1.54) is 10.6 Å². The van der Waals surface area contributed by atoms with E-state index in [-0.39, 0.29) is 24.5 Å². The van der Waals surface area contributed by atoms with Crippen LogP contribution >= 0.6 is 0 Å². The molecule has 0 bridgehead atoms. The topological polar surface area (TPSA) is 86.7 Å². The van der Waals surface area contributed by atoms with Gasteiger partial charge in [0.1, 0.15) is 0 Å². The van der Waals surface area contributed by atoms with E-state index in [0.29, 0.717) is 38.8 Å². The molecular weight excluding hydrogens is 268 g/mol. The van der Waals surface area contributed by atoms with Crippen molar-refractivity contribution in [2.45, 2.75) is 38.7 Å². The van der Waals surface area contributed by atoms with Crippen LogP contribution in [0.5, 0.6) is 0 Å². The molecule has 7 heteroatoms. The molecule has 112 valence electrons. The van der Waals surface area contributed by atoms with Crippen molar-refractivity contribution in [3.05, 3.63) is 0 Å². The Bertz CT molecular complexity index is 397.